The van der Waals surface area contributed by atoms with Gasteiger partial charge in [0, 0.05) is 29.0 Å². The van der Waals surface area contributed by atoms with Crippen LogP contribution in [0.25, 0.3) is 10.9 Å². The topological polar surface area (TPSA) is 84.0 Å². The van der Waals surface area contributed by atoms with Crippen LogP contribution in [0.15, 0.2) is 35.1 Å². The molecular formula is C23H22BrCl2N3O5. The molecule has 2 aromatic carbocycles. The van der Waals surface area contributed by atoms with E-state index in [2.05, 4.69) is 31.2 Å². The molecule has 0 aliphatic carbocycles. The fourth-order valence-electron chi connectivity index (χ4n) is 4.27. The predicted octanol–water partition coefficient (Wildman–Crippen LogP) is 5.26. The zero-order chi connectivity index (χ0) is 23.8. The third-order valence-electron chi connectivity index (χ3n) is 6.08. The van der Waals surface area contributed by atoms with Crippen molar-refractivity contribution in [2.45, 2.75) is 18.3 Å². The summed E-state index contributed by atoms with van der Waals surface area (Å²) in [5.74, 6) is 1.79. The molecule has 8 nitrogen and oxygen atoms in total. The molecule has 0 saturated carbocycles. The van der Waals surface area contributed by atoms with Crippen molar-refractivity contribution >= 4 is 61.5 Å². The lowest BCUT2D eigenvalue weighted by molar-refractivity contribution is -0.0104. The highest BCUT2D eigenvalue weighted by Crippen LogP contribution is 2.40. The molecule has 34 heavy (non-hydrogen) atoms. The zero-order valence-corrected chi connectivity index (χ0v) is 21.5. The highest BCUT2D eigenvalue weighted by Gasteiger charge is 2.48. The number of fused-ring (bicyclic) bond motifs is 2. The molecule has 2 fully saturated rings. The second-order valence-electron chi connectivity index (χ2n) is 8.03. The second kappa shape index (κ2) is 10.0. The van der Waals surface area contributed by atoms with Crippen LogP contribution in [0.3, 0.4) is 0 Å². The third-order valence-corrected chi connectivity index (χ3v) is 7.85. The molecule has 1 unspecified atom stereocenters. The lowest BCUT2D eigenvalue weighted by atomic mass is 10.0. The molecule has 3 heterocycles. The average Bonchev–Trinajstić information content (AvgIpc) is 3.44. The van der Waals surface area contributed by atoms with Crippen LogP contribution in [0.2, 0.25) is 10.0 Å². The minimum atomic E-state index is -0.0580. The first-order valence-corrected chi connectivity index (χ1v) is 12.2. The standard InChI is InChI=1S/C23H22BrCl2N3O5/c1-30-16-5-12-15(27-10-28-23(12)29-14-4-3-13(24)19(25)20(14)26)6-17(16)32-7-11-8-33-22-18(31-2)9-34-21(11)22/h3-6,10-11,18,21-22H,7-9H2,1-2H3,(H,27,28,29)/t11?,18-,21+,22+/m0/s1. The summed E-state index contributed by atoms with van der Waals surface area (Å²) < 4.78 is 29.7. The molecule has 11 heteroatoms. The van der Waals surface area contributed by atoms with Gasteiger partial charge in [-0.05, 0) is 34.1 Å². The molecule has 0 spiro atoms. The van der Waals surface area contributed by atoms with E-state index >= 15 is 0 Å². The maximum Gasteiger partial charge on any atom is 0.163 e. The van der Waals surface area contributed by atoms with Crippen molar-refractivity contribution in [2.24, 2.45) is 5.92 Å². The average molecular weight is 571 g/mol. The number of hydrogen-bond acceptors (Lipinski definition) is 8. The molecule has 5 rings (SSSR count). The van der Waals surface area contributed by atoms with E-state index in [9.17, 15) is 0 Å². The van der Waals surface area contributed by atoms with E-state index in [1.54, 1.807) is 14.2 Å². The van der Waals surface area contributed by atoms with E-state index in [-0.39, 0.29) is 24.2 Å². The summed E-state index contributed by atoms with van der Waals surface area (Å²) in [6.07, 6.45) is 1.33. The van der Waals surface area contributed by atoms with Crippen molar-refractivity contribution in [1.82, 2.24) is 9.97 Å². The van der Waals surface area contributed by atoms with Crippen molar-refractivity contribution in [3.05, 3.63) is 45.1 Å². The van der Waals surface area contributed by atoms with Crippen LogP contribution in [0.5, 0.6) is 11.5 Å². The molecule has 0 radical (unpaired) electrons. The van der Waals surface area contributed by atoms with Gasteiger partial charge >= 0.3 is 0 Å². The van der Waals surface area contributed by atoms with E-state index in [0.717, 1.165) is 5.39 Å². The van der Waals surface area contributed by atoms with Gasteiger partial charge in [0.15, 0.2) is 11.5 Å². The maximum absolute atomic E-state index is 6.40. The first-order chi connectivity index (χ1) is 16.5. The number of anilines is 2. The number of halogens is 3. The summed E-state index contributed by atoms with van der Waals surface area (Å²) in [7, 11) is 3.27. The Hall–Kier alpha value is -1.88. The molecule has 1 N–H and O–H groups in total. The van der Waals surface area contributed by atoms with Crippen LogP contribution >= 0.6 is 39.1 Å². The third kappa shape index (κ3) is 4.41. The number of hydrogen-bond donors (Lipinski definition) is 1. The molecule has 0 amide bonds. The first-order valence-electron chi connectivity index (χ1n) is 10.6. The summed E-state index contributed by atoms with van der Waals surface area (Å²) in [6, 6.07) is 7.30. The van der Waals surface area contributed by atoms with Gasteiger partial charge in [0.1, 0.15) is 24.4 Å². The fraction of sp³-hybridized carbons (Fsp3) is 0.391. The Bertz CT molecular complexity index is 1220. The van der Waals surface area contributed by atoms with Crippen LogP contribution < -0.4 is 14.8 Å². The molecule has 2 aliphatic rings. The van der Waals surface area contributed by atoms with Gasteiger partial charge in [-0.3, -0.25) is 0 Å². The SMILES string of the molecule is COc1cc2c(Nc3ccc(Br)c(Cl)c3Cl)ncnc2cc1OCC1CO[C@@H]2[C@@H](OC)CO[C@H]12. The molecule has 2 saturated heterocycles. The highest BCUT2D eigenvalue weighted by atomic mass is 79.9. The lowest BCUT2D eigenvalue weighted by Gasteiger charge is -2.18. The van der Waals surface area contributed by atoms with Gasteiger partial charge in [-0.1, -0.05) is 23.2 Å². The van der Waals surface area contributed by atoms with Crippen LogP contribution in [0.4, 0.5) is 11.5 Å². The Morgan fingerprint density at radius 1 is 1.06 bits per heavy atom. The van der Waals surface area contributed by atoms with E-state index in [1.807, 2.05) is 24.3 Å². The highest BCUT2D eigenvalue weighted by molar-refractivity contribution is 9.10. The molecular weight excluding hydrogens is 549 g/mol. The second-order valence-corrected chi connectivity index (χ2v) is 9.64. The Morgan fingerprint density at radius 3 is 2.68 bits per heavy atom. The van der Waals surface area contributed by atoms with Gasteiger partial charge in [0.25, 0.3) is 0 Å². The number of aromatic nitrogens is 2. The summed E-state index contributed by atoms with van der Waals surface area (Å²) in [4.78, 5) is 8.79. The quantitative estimate of drug-likeness (QED) is 0.385. The Balaban J connectivity index is 1.38. The van der Waals surface area contributed by atoms with E-state index < -0.39 is 0 Å². The van der Waals surface area contributed by atoms with Crippen molar-refractivity contribution in [3.63, 3.8) is 0 Å². The molecule has 3 aromatic rings. The van der Waals surface area contributed by atoms with Crippen LogP contribution in [0.1, 0.15) is 0 Å². The van der Waals surface area contributed by atoms with E-state index in [4.69, 9.17) is 46.9 Å². The molecule has 180 valence electrons. The Kier molecular flexibility index (Phi) is 7.02. The van der Waals surface area contributed by atoms with Gasteiger partial charge in [-0.2, -0.15) is 0 Å². The fourth-order valence-corrected chi connectivity index (χ4v) is 5.09. The number of nitrogens with one attached hydrogen (secondary N) is 1. The minimum Gasteiger partial charge on any atom is -0.493 e. The van der Waals surface area contributed by atoms with Crippen LogP contribution in [0, 0.1) is 5.92 Å². The Morgan fingerprint density at radius 2 is 1.88 bits per heavy atom. The summed E-state index contributed by atoms with van der Waals surface area (Å²) >= 11 is 16.0. The minimum absolute atomic E-state index is 0.0399. The van der Waals surface area contributed by atoms with Gasteiger partial charge in [0.2, 0.25) is 0 Å². The van der Waals surface area contributed by atoms with Gasteiger partial charge in [-0.15, -0.1) is 0 Å². The van der Waals surface area contributed by atoms with Crippen LogP contribution in [-0.4, -0.2) is 62.3 Å². The molecule has 0 bridgehead atoms. The molecule has 1 aromatic heterocycles. The van der Waals surface area contributed by atoms with Crippen molar-refractivity contribution in [2.75, 3.05) is 39.4 Å². The summed E-state index contributed by atoms with van der Waals surface area (Å²) in [6.45, 7) is 1.50. The summed E-state index contributed by atoms with van der Waals surface area (Å²) in [5.41, 5.74) is 1.31. The van der Waals surface area contributed by atoms with E-state index in [0.29, 0.717) is 62.9 Å². The maximum atomic E-state index is 6.40. The Labute approximate surface area is 214 Å². The number of ether oxygens (including phenoxy) is 5. The number of benzene rings is 2. The number of rotatable bonds is 7. The normalized spacial score (nSPS) is 23.8. The largest absolute Gasteiger partial charge is 0.493 e. The number of methoxy groups -OCH3 is 2. The molecule has 2 aliphatic heterocycles. The van der Waals surface area contributed by atoms with Gasteiger partial charge in [0.05, 0.1) is 54.3 Å². The van der Waals surface area contributed by atoms with E-state index in [1.165, 1.54) is 6.33 Å². The lowest BCUT2D eigenvalue weighted by Crippen LogP contribution is -2.32. The van der Waals surface area contributed by atoms with Gasteiger partial charge in [-0.25, -0.2) is 9.97 Å². The molecule has 4 atom stereocenters. The monoisotopic (exact) mass is 569 g/mol. The van der Waals surface area contributed by atoms with Crippen molar-refractivity contribution in [1.29, 1.82) is 0 Å². The van der Waals surface area contributed by atoms with Crippen molar-refractivity contribution < 1.29 is 23.7 Å². The van der Waals surface area contributed by atoms with Gasteiger partial charge < -0.3 is 29.0 Å². The van der Waals surface area contributed by atoms with Crippen LogP contribution in [-0.2, 0) is 14.2 Å². The zero-order valence-electron chi connectivity index (χ0n) is 18.4. The first kappa shape index (κ1) is 23.8. The predicted molar refractivity (Wildman–Crippen MR) is 133 cm³/mol. The summed E-state index contributed by atoms with van der Waals surface area (Å²) in [5, 5.41) is 4.78. The smallest absolute Gasteiger partial charge is 0.163 e. The van der Waals surface area contributed by atoms with Crippen molar-refractivity contribution in [3.8, 4) is 11.5 Å². The number of nitrogens with zero attached hydrogens (tertiary/aromatic N) is 2.